The summed E-state index contributed by atoms with van der Waals surface area (Å²) < 4.78 is 31.8. The summed E-state index contributed by atoms with van der Waals surface area (Å²) in [4.78, 5) is 36.0. The van der Waals surface area contributed by atoms with Crippen molar-refractivity contribution in [2.24, 2.45) is 24.6 Å². The van der Waals surface area contributed by atoms with Crippen molar-refractivity contribution in [1.82, 2.24) is 14.5 Å². The predicted molar refractivity (Wildman–Crippen MR) is 142 cm³/mol. The molecule has 4 aromatic rings. The van der Waals surface area contributed by atoms with E-state index in [-0.39, 0.29) is 22.6 Å². The quantitative estimate of drug-likeness (QED) is 0.324. The first-order chi connectivity index (χ1) is 18.7. The zero-order valence-corrected chi connectivity index (χ0v) is 21.1. The highest BCUT2D eigenvalue weighted by atomic mass is 19.2. The molecular weight excluding hydrogens is 506 g/mol. The van der Waals surface area contributed by atoms with Crippen LogP contribution in [0.15, 0.2) is 35.5 Å². The Kier molecular flexibility index (Phi) is 4.90. The lowest BCUT2D eigenvalue weighted by atomic mass is 9.97. The minimum absolute atomic E-state index is 0.122. The van der Waals surface area contributed by atoms with Gasteiger partial charge in [0.15, 0.2) is 11.6 Å². The molecule has 1 saturated heterocycles. The number of benzene rings is 1. The number of rotatable bonds is 4. The summed E-state index contributed by atoms with van der Waals surface area (Å²) in [6.07, 6.45) is 4.85. The smallest absolute Gasteiger partial charge is 0.341 e. The molecule has 1 unspecified atom stereocenters. The fourth-order valence-corrected chi connectivity index (χ4v) is 6.39. The molecule has 7 rings (SSSR count). The Morgan fingerprint density at radius 2 is 1.90 bits per heavy atom. The fourth-order valence-electron chi connectivity index (χ4n) is 6.39. The molecule has 4 heterocycles. The van der Waals surface area contributed by atoms with Crippen LogP contribution in [0.25, 0.3) is 33.3 Å². The van der Waals surface area contributed by atoms with Crippen LogP contribution in [0.1, 0.15) is 21.6 Å². The summed E-state index contributed by atoms with van der Waals surface area (Å²) in [7, 11) is 3.29. The summed E-state index contributed by atoms with van der Waals surface area (Å²) in [5.74, 6) is -2.59. The third-order valence-corrected chi connectivity index (χ3v) is 8.45. The molecule has 1 aromatic carbocycles. The molecule has 39 heavy (non-hydrogen) atoms. The number of hydrogen-bond donors (Lipinski definition) is 3. The molecule has 11 heteroatoms. The van der Waals surface area contributed by atoms with E-state index in [9.17, 15) is 19.1 Å². The number of anilines is 2. The lowest BCUT2D eigenvalue weighted by Gasteiger charge is -2.27. The number of aromatic nitrogens is 3. The van der Waals surface area contributed by atoms with Gasteiger partial charge in [0.2, 0.25) is 5.43 Å². The Morgan fingerprint density at radius 3 is 2.59 bits per heavy atom. The molecule has 1 aliphatic heterocycles. The molecule has 0 spiro atoms. The number of aryl methyl sites for hydroxylation is 1. The number of piperidine rings is 1. The van der Waals surface area contributed by atoms with E-state index in [0.717, 1.165) is 6.07 Å². The second kappa shape index (κ2) is 8.06. The number of nitrogens with zero attached hydrogens (tertiary/aromatic N) is 4. The van der Waals surface area contributed by atoms with Gasteiger partial charge in [0.05, 0.1) is 16.8 Å². The number of halogens is 2. The number of carboxylic acids is 1. The fraction of sp³-hybridized carbons (Fsp3) is 0.286. The summed E-state index contributed by atoms with van der Waals surface area (Å²) in [5, 5.41) is 12.6. The summed E-state index contributed by atoms with van der Waals surface area (Å²) >= 11 is 0. The maximum atomic E-state index is 15.5. The van der Waals surface area contributed by atoms with E-state index in [4.69, 9.17) is 5.73 Å². The number of carboxylic acid groups (broad SMARTS) is 1. The van der Waals surface area contributed by atoms with Crippen molar-refractivity contribution in [2.45, 2.75) is 12.5 Å². The van der Waals surface area contributed by atoms with Gasteiger partial charge in [-0.3, -0.25) is 9.78 Å². The van der Waals surface area contributed by atoms with Crippen molar-refractivity contribution in [3.63, 3.8) is 0 Å². The Labute approximate surface area is 220 Å². The van der Waals surface area contributed by atoms with Crippen LogP contribution in [0.2, 0.25) is 0 Å². The van der Waals surface area contributed by atoms with E-state index in [1.54, 1.807) is 32.6 Å². The number of nitrogens with two attached hydrogens (primary N) is 1. The van der Waals surface area contributed by atoms with Gasteiger partial charge in [-0.15, -0.1) is 0 Å². The molecule has 198 valence electrons. The average molecular weight is 531 g/mol. The molecule has 3 atom stereocenters. The molecule has 0 amide bonds. The first-order valence-corrected chi connectivity index (χ1v) is 12.6. The third kappa shape index (κ3) is 3.26. The maximum absolute atomic E-state index is 15.5. The number of hydrogen-bond acceptors (Lipinski definition) is 7. The van der Waals surface area contributed by atoms with Crippen LogP contribution in [0, 0.1) is 23.5 Å². The highest BCUT2D eigenvalue weighted by molar-refractivity contribution is 5.98. The summed E-state index contributed by atoms with van der Waals surface area (Å²) in [5.41, 5.74) is 9.82. The van der Waals surface area contributed by atoms with Gasteiger partial charge >= 0.3 is 5.97 Å². The zero-order chi connectivity index (χ0) is 27.3. The van der Waals surface area contributed by atoms with Crippen molar-refractivity contribution in [3.8, 4) is 22.3 Å². The van der Waals surface area contributed by atoms with E-state index in [2.05, 4.69) is 20.2 Å². The highest BCUT2D eigenvalue weighted by Crippen LogP contribution is 2.53. The van der Waals surface area contributed by atoms with Crippen LogP contribution in [0.5, 0.6) is 0 Å². The van der Waals surface area contributed by atoms with Gasteiger partial charge in [0.1, 0.15) is 11.2 Å². The van der Waals surface area contributed by atoms with Crippen LogP contribution in [-0.2, 0) is 13.5 Å². The zero-order valence-electron chi connectivity index (χ0n) is 21.1. The van der Waals surface area contributed by atoms with Gasteiger partial charge in [-0.1, -0.05) is 0 Å². The minimum atomic E-state index is -1.33. The Morgan fingerprint density at radius 1 is 1.15 bits per heavy atom. The van der Waals surface area contributed by atoms with Gasteiger partial charge in [0, 0.05) is 92.2 Å². The number of nitrogens with one attached hydrogen (secondary N) is 1. The molecule has 4 N–H and O–H groups in total. The monoisotopic (exact) mass is 530 g/mol. The second-order valence-electron chi connectivity index (χ2n) is 10.5. The van der Waals surface area contributed by atoms with Gasteiger partial charge < -0.3 is 25.6 Å². The number of fused-ring (bicyclic) bond motifs is 5. The van der Waals surface area contributed by atoms with E-state index < -0.39 is 23.0 Å². The topological polar surface area (TPSA) is 126 Å². The lowest BCUT2D eigenvalue weighted by Crippen LogP contribution is -2.29. The average Bonchev–Trinajstić information content (AvgIpc) is 3.27. The Hall–Kier alpha value is -4.38. The van der Waals surface area contributed by atoms with Crippen molar-refractivity contribution < 1.29 is 18.7 Å². The first-order valence-electron chi connectivity index (χ1n) is 12.6. The van der Waals surface area contributed by atoms with Gasteiger partial charge in [-0.2, -0.15) is 0 Å². The maximum Gasteiger partial charge on any atom is 0.341 e. The molecule has 3 aliphatic rings. The Bertz CT molecular complexity index is 1810. The minimum Gasteiger partial charge on any atom is -0.477 e. The van der Waals surface area contributed by atoms with Crippen LogP contribution in [0.4, 0.5) is 20.2 Å². The SMILES string of the molecule is CNc1cc(F)c(F)c2c1Cc1ncc(-c3cnc4c(c3)c(=O)c(C(=O)O)cn4C)c(N3C[C@@H]4C(N)[C@@H]4C3)c1-2. The molecule has 1 saturated carbocycles. The Balaban J connectivity index is 1.50. The van der Waals surface area contributed by atoms with E-state index in [1.807, 2.05) is 0 Å². The number of carbonyl (C=O) groups is 1. The number of aromatic carboxylic acids is 1. The molecule has 2 aliphatic carbocycles. The summed E-state index contributed by atoms with van der Waals surface area (Å²) in [6.45, 7) is 1.32. The van der Waals surface area contributed by atoms with Crippen LogP contribution < -0.4 is 21.4 Å². The van der Waals surface area contributed by atoms with E-state index in [1.165, 1.54) is 10.8 Å². The van der Waals surface area contributed by atoms with Crippen LogP contribution in [-0.4, -0.2) is 51.8 Å². The molecular formula is C28H24F2N6O3. The van der Waals surface area contributed by atoms with Crippen LogP contribution >= 0.6 is 0 Å². The van der Waals surface area contributed by atoms with Gasteiger partial charge in [-0.25, -0.2) is 18.6 Å². The molecule has 2 fully saturated rings. The lowest BCUT2D eigenvalue weighted by molar-refractivity contribution is 0.0695. The predicted octanol–water partition coefficient (Wildman–Crippen LogP) is 2.98. The van der Waals surface area contributed by atoms with E-state index >= 15 is 4.39 Å². The number of pyridine rings is 3. The highest BCUT2D eigenvalue weighted by Gasteiger charge is 2.54. The largest absolute Gasteiger partial charge is 0.477 e. The molecule has 0 radical (unpaired) electrons. The van der Waals surface area contributed by atoms with Crippen molar-refractivity contribution in [1.29, 1.82) is 0 Å². The van der Waals surface area contributed by atoms with Crippen molar-refractivity contribution in [2.75, 3.05) is 30.4 Å². The molecule has 9 nitrogen and oxygen atoms in total. The normalized spacial score (nSPS) is 20.6. The van der Waals surface area contributed by atoms with Crippen molar-refractivity contribution >= 4 is 28.4 Å². The van der Waals surface area contributed by atoms with Crippen LogP contribution in [0.3, 0.4) is 0 Å². The van der Waals surface area contributed by atoms with Gasteiger partial charge in [-0.05, 0) is 23.5 Å². The molecule has 3 aromatic heterocycles. The van der Waals surface area contributed by atoms with E-state index in [0.29, 0.717) is 76.3 Å². The van der Waals surface area contributed by atoms with Gasteiger partial charge in [0.25, 0.3) is 0 Å². The standard InChI is InChI=1S/C28H24F2N6O3/c1-32-19-5-18(29)23(30)21-12(19)4-20-22(21)25(36-9-15-16(10-36)24(15)31)14(7-33-20)11-3-13-26(37)17(28(38)39)8-35(2)27(13)34-6-11/h3,5-8,15-16,24,32H,4,9-10,31H2,1-2H3,(H,38,39)/t15-,16+,24?. The first kappa shape index (κ1) is 23.7. The van der Waals surface area contributed by atoms with Crippen molar-refractivity contribution in [3.05, 3.63) is 69.4 Å². The molecule has 0 bridgehead atoms. The third-order valence-electron chi connectivity index (χ3n) is 8.45. The second-order valence-corrected chi connectivity index (χ2v) is 10.5. The summed E-state index contributed by atoms with van der Waals surface area (Å²) in [6, 6.07) is 2.88.